The van der Waals surface area contributed by atoms with Gasteiger partial charge in [-0.25, -0.2) is 9.50 Å². The minimum Gasteiger partial charge on any atom is -0.338 e. The molecule has 1 amide bonds. The maximum absolute atomic E-state index is 12.8. The van der Waals surface area contributed by atoms with Crippen molar-refractivity contribution in [2.24, 2.45) is 0 Å². The third-order valence-electron chi connectivity index (χ3n) is 5.63. The summed E-state index contributed by atoms with van der Waals surface area (Å²) < 4.78 is 1.76. The van der Waals surface area contributed by atoms with Gasteiger partial charge in [0, 0.05) is 35.9 Å². The molecule has 6 nitrogen and oxygen atoms in total. The first-order valence-corrected chi connectivity index (χ1v) is 12.2. The van der Waals surface area contributed by atoms with E-state index in [9.17, 15) is 4.79 Å². The van der Waals surface area contributed by atoms with Crippen molar-refractivity contribution in [3.8, 4) is 0 Å². The van der Waals surface area contributed by atoms with Crippen LogP contribution in [0.4, 0.5) is 0 Å². The molecule has 4 aromatic rings. The van der Waals surface area contributed by atoms with Gasteiger partial charge in [0.1, 0.15) is 0 Å². The molecule has 2 heterocycles. The van der Waals surface area contributed by atoms with Crippen LogP contribution in [0.5, 0.6) is 0 Å². The van der Waals surface area contributed by atoms with Gasteiger partial charge in [-0.15, -0.1) is 5.10 Å². The Kier molecular flexibility index (Phi) is 7.30. The molecule has 8 heteroatoms. The van der Waals surface area contributed by atoms with Crippen molar-refractivity contribution in [1.82, 2.24) is 24.5 Å². The maximum atomic E-state index is 12.8. The number of carbonyl (C=O) groups excluding carboxylic acids is 1. The molecular formula is C25H26ClN5OS. The summed E-state index contributed by atoms with van der Waals surface area (Å²) in [6.07, 6.45) is 0.673. The fourth-order valence-electron chi connectivity index (χ4n) is 3.74. The Balaban J connectivity index is 1.49. The van der Waals surface area contributed by atoms with E-state index in [1.807, 2.05) is 80.3 Å². The lowest BCUT2D eigenvalue weighted by Gasteiger charge is -2.20. The summed E-state index contributed by atoms with van der Waals surface area (Å²) in [4.78, 5) is 23.8. The third-order valence-corrected chi connectivity index (χ3v) is 6.82. The van der Waals surface area contributed by atoms with E-state index >= 15 is 0 Å². The summed E-state index contributed by atoms with van der Waals surface area (Å²) in [6, 6.07) is 17.8. The van der Waals surface area contributed by atoms with Gasteiger partial charge >= 0.3 is 0 Å². The molecule has 0 radical (unpaired) electrons. The number of nitrogens with zero attached hydrogens (tertiary/aromatic N) is 5. The highest BCUT2D eigenvalue weighted by Crippen LogP contribution is 2.24. The predicted molar refractivity (Wildman–Crippen MR) is 133 cm³/mol. The Morgan fingerprint density at radius 1 is 1.06 bits per heavy atom. The van der Waals surface area contributed by atoms with Gasteiger partial charge in [0.05, 0.1) is 5.75 Å². The van der Waals surface area contributed by atoms with Crippen LogP contribution in [0, 0.1) is 13.8 Å². The fourth-order valence-corrected chi connectivity index (χ4v) is 4.66. The van der Waals surface area contributed by atoms with Crippen molar-refractivity contribution in [3.63, 3.8) is 0 Å². The maximum Gasteiger partial charge on any atom is 0.253 e. The number of fused-ring (bicyclic) bond motifs is 1. The Hall–Kier alpha value is -2.90. The molecule has 2 aromatic heterocycles. The summed E-state index contributed by atoms with van der Waals surface area (Å²) >= 11 is 7.71. The van der Waals surface area contributed by atoms with Crippen molar-refractivity contribution >= 4 is 35.0 Å². The van der Waals surface area contributed by atoms with E-state index in [0.29, 0.717) is 30.4 Å². The molecule has 0 N–H and O–H groups in total. The first-order valence-electron chi connectivity index (χ1n) is 10.9. The highest BCUT2D eigenvalue weighted by molar-refractivity contribution is 7.99. The van der Waals surface area contributed by atoms with E-state index in [-0.39, 0.29) is 11.7 Å². The van der Waals surface area contributed by atoms with Gasteiger partial charge in [0.2, 0.25) is 11.1 Å². The number of halogens is 1. The minimum atomic E-state index is 0.0606. The van der Waals surface area contributed by atoms with Crippen LogP contribution in [0.25, 0.3) is 5.78 Å². The highest BCUT2D eigenvalue weighted by Gasteiger charge is 2.17. The van der Waals surface area contributed by atoms with Gasteiger partial charge in [0.25, 0.3) is 5.78 Å². The monoisotopic (exact) mass is 479 g/mol. The Morgan fingerprint density at radius 2 is 1.79 bits per heavy atom. The number of thioether (sulfide) groups is 1. The lowest BCUT2D eigenvalue weighted by atomic mass is 10.0. The minimum absolute atomic E-state index is 0.0606. The van der Waals surface area contributed by atoms with E-state index < -0.39 is 0 Å². The largest absolute Gasteiger partial charge is 0.338 e. The number of hydrogen-bond acceptors (Lipinski definition) is 5. The molecule has 0 fully saturated rings. The van der Waals surface area contributed by atoms with Crippen LogP contribution in [0.1, 0.15) is 35.0 Å². The number of benzene rings is 2. The van der Waals surface area contributed by atoms with E-state index in [1.165, 1.54) is 11.8 Å². The molecule has 0 aliphatic carbocycles. The average Bonchev–Trinajstić information content (AvgIpc) is 3.23. The first-order chi connectivity index (χ1) is 16.0. The molecule has 0 atom stereocenters. The highest BCUT2D eigenvalue weighted by atomic mass is 35.5. The molecule has 33 heavy (non-hydrogen) atoms. The van der Waals surface area contributed by atoms with Crippen LogP contribution < -0.4 is 0 Å². The van der Waals surface area contributed by atoms with Crippen LogP contribution in [0.3, 0.4) is 0 Å². The smallest absolute Gasteiger partial charge is 0.253 e. The lowest BCUT2D eigenvalue weighted by Crippen LogP contribution is -2.31. The van der Waals surface area contributed by atoms with Crippen molar-refractivity contribution in [2.45, 2.75) is 38.9 Å². The second-order valence-electron chi connectivity index (χ2n) is 7.82. The number of aryl methyl sites for hydroxylation is 2. The number of aromatic nitrogens is 4. The Morgan fingerprint density at radius 3 is 2.52 bits per heavy atom. The molecule has 0 saturated carbocycles. The summed E-state index contributed by atoms with van der Waals surface area (Å²) in [6.45, 7) is 7.23. The van der Waals surface area contributed by atoms with E-state index in [2.05, 4.69) is 15.1 Å². The normalized spacial score (nSPS) is 11.2. The van der Waals surface area contributed by atoms with Crippen molar-refractivity contribution in [3.05, 3.63) is 87.7 Å². The molecule has 2 aromatic carbocycles. The van der Waals surface area contributed by atoms with Gasteiger partial charge in [-0.1, -0.05) is 71.9 Å². The summed E-state index contributed by atoms with van der Waals surface area (Å²) in [5.74, 6) is 0.882. The average molecular weight is 480 g/mol. The number of carbonyl (C=O) groups is 1. The Bertz CT molecular complexity index is 1270. The van der Waals surface area contributed by atoms with E-state index in [0.717, 1.165) is 33.1 Å². The van der Waals surface area contributed by atoms with Crippen LogP contribution in [0.15, 0.2) is 59.8 Å². The van der Waals surface area contributed by atoms with E-state index in [4.69, 9.17) is 11.6 Å². The number of hydrogen-bond donors (Lipinski definition) is 0. The molecule has 0 saturated heterocycles. The molecule has 0 bridgehead atoms. The fraction of sp³-hybridized carbons (Fsp3) is 0.280. The van der Waals surface area contributed by atoms with Crippen molar-refractivity contribution < 1.29 is 4.79 Å². The molecule has 0 unspecified atom stereocenters. The topological polar surface area (TPSA) is 63.4 Å². The quantitative estimate of drug-likeness (QED) is 0.328. The van der Waals surface area contributed by atoms with Gasteiger partial charge in [-0.05, 0) is 43.5 Å². The molecule has 0 aliphatic heterocycles. The first kappa shape index (κ1) is 23.3. The molecular weight excluding hydrogens is 454 g/mol. The van der Waals surface area contributed by atoms with E-state index in [1.54, 1.807) is 4.52 Å². The van der Waals surface area contributed by atoms with Crippen molar-refractivity contribution in [2.75, 3.05) is 12.3 Å². The standard InChI is InChI=1S/C25H26ClN5OS/c1-4-30(15-19-10-6-5-7-11-19)23(32)16-33-25-28-24-27-17(2)21(18(3)31(24)29-25)14-20-12-8-9-13-22(20)26/h5-13H,4,14-16H2,1-3H3. The summed E-state index contributed by atoms with van der Waals surface area (Å²) in [5, 5.41) is 5.90. The van der Waals surface area contributed by atoms with Gasteiger partial charge in [-0.3, -0.25) is 4.79 Å². The zero-order chi connectivity index (χ0) is 23.4. The zero-order valence-electron chi connectivity index (χ0n) is 19.0. The van der Waals surface area contributed by atoms with Gasteiger partial charge in [0.15, 0.2) is 0 Å². The second-order valence-corrected chi connectivity index (χ2v) is 9.17. The van der Waals surface area contributed by atoms with Crippen LogP contribution >= 0.6 is 23.4 Å². The van der Waals surface area contributed by atoms with Crippen LogP contribution in [-0.4, -0.2) is 42.7 Å². The van der Waals surface area contributed by atoms with Crippen molar-refractivity contribution in [1.29, 1.82) is 0 Å². The predicted octanol–water partition coefficient (Wildman–Crippen LogP) is 5.13. The SMILES string of the molecule is CCN(Cc1ccccc1)C(=O)CSc1nc2nc(C)c(Cc3ccccc3Cl)c(C)n2n1. The summed E-state index contributed by atoms with van der Waals surface area (Å²) in [7, 11) is 0. The van der Waals surface area contributed by atoms with Gasteiger partial charge < -0.3 is 4.90 Å². The van der Waals surface area contributed by atoms with Crippen LogP contribution in [0.2, 0.25) is 5.02 Å². The number of amides is 1. The van der Waals surface area contributed by atoms with Gasteiger partial charge in [-0.2, -0.15) is 4.98 Å². The third kappa shape index (κ3) is 5.37. The molecule has 0 spiro atoms. The molecule has 0 aliphatic rings. The van der Waals surface area contributed by atoms with Crippen LogP contribution in [-0.2, 0) is 17.8 Å². The molecule has 170 valence electrons. The number of rotatable bonds is 8. The second kappa shape index (κ2) is 10.4. The zero-order valence-corrected chi connectivity index (χ0v) is 20.5. The Labute approximate surface area is 203 Å². The summed E-state index contributed by atoms with van der Waals surface area (Å²) in [5.41, 5.74) is 5.12. The molecule has 4 rings (SSSR count). The lowest BCUT2D eigenvalue weighted by molar-refractivity contribution is -0.128.